The molecule has 3 aromatic heterocycles. The van der Waals surface area contributed by atoms with Crippen molar-refractivity contribution in [2.75, 3.05) is 0 Å². The smallest absolute Gasteiger partial charge is 0.380 e. The molecule has 6 aromatic rings. The van der Waals surface area contributed by atoms with Crippen molar-refractivity contribution in [1.82, 2.24) is 4.57 Å². The van der Waals surface area contributed by atoms with E-state index < -0.39 is 5.66 Å². The van der Waals surface area contributed by atoms with E-state index in [1.165, 1.54) is 21.8 Å². The molecule has 0 aliphatic carbocycles. The Labute approximate surface area is 194 Å². The monoisotopic (exact) mass is 439 g/mol. The molecule has 158 valence electrons. The zero-order valence-corrected chi connectivity index (χ0v) is 18.0. The zero-order valence-electron chi connectivity index (χ0n) is 18.0. The molecule has 0 bridgehead atoms. The molecule has 3 aliphatic heterocycles. The van der Waals surface area contributed by atoms with Gasteiger partial charge >= 0.3 is 11.5 Å². The van der Waals surface area contributed by atoms with Crippen molar-refractivity contribution in [2.45, 2.75) is 5.66 Å². The van der Waals surface area contributed by atoms with Crippen molar-refractivity contribution >= 4 is 21.8 Å². The summed E-state index contributed by atoms with van der Waals surface area (Å²) in [6, 6.07) is 31.6. The minimum atomic E-state index is -0.686. The second kappa shape index (κ2) is 5.46. The van der Waals surface area contributed by atoms with Crippen molar-refractivity contribution in [3.05, 3.63) is 115 Å². The van der Waals surface area contributed by atoms with E-state index in [9.17, 15) is 0 Å². The first-order valence-electron chi connectivity index (χ1n) is 11.5. The van der Waals surface area contributed by atoms with Gasteiger partial charge in [0.05, 0.1) is 12.3 Å². The van der Waals surface area contributed by atoms with Crippen LogP contribution in [0, 0.1) is 0 Å². The largest absolute Gasteiger partial charge is 0.455 e. The third-order valence-electron chi connectivity index (χ3n) is 7.51. The van der Waals surface area contributed by atoms with Crippen LogP contribution in [-0.2, 0) is 5.66 Å². The van der Waals surface area contributed by atoms with Gasteiger partial charge in [0, 0.05) is 22.9 Å². The predicted molar refractivity (Wildman–Crippen MR) is 126 cm³/mol. The van der Waals surface area contributed by atoms with Gasteiger partial charge in [0.2, 0.25) is 0 Å². The fourth-order valence-electron chi connectivity index (χ4n) is 6.35. The molecule has 1 unspecified atom stereocenters. The highest BCUT2D eigenvalue weighted by Gasteiger charge is 2.66. The molecule has 6 heterocycles. The predicted octanol–water partition coefficient (Wildman–Crippen LogP) is 5.18. The Balaban J connectivity index is 1.64. The van der Waals surface area contributed by atoms with Crippen LogP contribution in [0.3, 0.4) is 0 Å². The summed E-state index contributed by atoms with van der Waals surface area (Å²) in [6.07, 6.45) is 4.29. The Morgan fingerprint density at radius 3 is 2.29 bits per heavy atom. The third-order valence-corrected chi connectivity index (χ3v) is 7.51. The molecular formula is C29H17N3O2+2. The SMILES string of the molecule is c1cc2c3c(c1)Oc1cccc[n+]1C31c3c(ccc4c5ccccc5n(c34)-c3cccc[n+]31)O2. The van der Waals surface area contributed by atoms with Crippen LogP contribution in [-0.4, -0.2) is 4.57 Å². The van der Waals surface area contributed by atoms with Gasteiger partial charge in [-0.3, -0.25) is 0 Å². The number of nitrogens with zero attached hydrogens (tertiary/aromatic N) is 3. The van der Waals surface area contributed by atoms with Gasteiger partial charge in [-0.15, -0.1) is 4.57 Å². The molecule has 1 spiro atoms. The summed E-state index contributed by atoms with van der Waals surface area (Å²) in [5, 5.41) is 2.45. The minimum Gasteiger partial charge on any atom is -0.455 e. The second-order valence-electron chi connectivity index (χ2n) is 9.03. The molecule has 34 heavy (non-hydrogen) atoms. The number of fused-ring (bicyclic) bond motifs is 6. The van der Waals surface area contributed by atoms with Crippen molar-refractivity contribution < 1.29 is 18.6 Å². The van der Waals surface area contributed by atoms with Crippen LogP contribution in [0.15, 0.2) is 103 Å². The van der Waals surface area contributed by atoms with Crippen molar-refractivity contribution in [2.24, 2.45) is 0 Å². The molecule has 0 N–H and O–H groups in total. The van der Waals surface area contributed by atoms with E-state index in [4.69, 9.17) is 9.47 Å². The molecule has 5 nitrogen and oxygen atoms in total. The molecule has 0 fully saturated rings. The van der Waals surface area contributed by atoms with E-state index in [0.29, 0.717) is 0 Å². The summed E-state index contributed by atoms with van der Waals surface area (Å²) >= 11 is 0. The molecule has 0 radical (unpaired) electrons. The van der Waals surface area contributed by atoms with Gasteiger partial charge in [-0.1, -0.05) is 24.3 Å². The molecule has 0 saturated carbocycles. The lowest BCUT2D eigenvalue weighted by molar-refractivity contribution is -0.972. The van der Waals surface area contributed by atoms with Gasteiger partial charge in [0.1, 0.15) is 17.0 Å². The topological polar surface area (TPSA) is 31.1 Å². The maximum absolute atomic E-state index is 6.59. The van der Waals surface area contributed by atoms with Crippen LogP contribution in [0.2, 0.25) is 0 Å². The highest BCUT2D eigenvalue weighted by atomic mass is 16.5. The number of ether oxygens (including phenoxy) is 2. The van der Waals surface area contributed by atoms with E-state index in [-0.39, 0.29) is 0 Å². The van der Waals surface area contributed by atoms with Crippen LogP contribution in [0.25, 0.3) is 27.6 Å². The van der Waals surface area contributed by atoms with Crippen LogP contribution >= 0.6 is 0 Å². The van der Waals surface area contributed by atoms with Crippen molar-refractivity contribution in [3.63, 3.8) is 0 Å². The van der Waals surface area contributed by atoms with Crippen molar-refractivity contribution in [3.8, 4) is 28.9 Å². The summed E-state index contributed by atoms with van der Waals surface area (Å²) in [6.45, 7) is 0. The molecular weight excluding hydrogens is 422 g/mol. The van der Waals surface area contributed by atoms with E-state index >= 15 is 0 Å². The molecule has 9 rings (SSSR count). The number of rotatable bonds is 0. The molecule has 5 heteroatoms. The molecule has 3 aromatic carbocycles. The number of hydrogen-bond acceptors (Lipinski definition) is 2. The zero-order chi connectivity index (χ0) is 22.0. The third kappa shape index (κ3) is 1.65. The minimum absolute atomic E-state index is 0.686. The van der Waals surface area contributed by atoms with Gasteiger partial charge in [0.25, 0.3) is 5.82 Å². The van der Waals surface area contributed by atoms with E-state index in [1.807, 2.05) is 30.3 Å². The Kier molecular flexibility index (Phi) is 2.72. The fourth-order valence-corrected chi connectivity index (χ4v) is 6.35. The first-order chi connectivity index (χ1) is 16.9. The average Bonchev–Trinajstić information content (AvgIpc) is 3.23. The maximum atomic E-state index is 6.59. The van der Waals surface area contributed by atoms with Crippen LogP contribution in [0.4, 0.5) is 0 Å². The highest BCUT2D eigenvalue weighted by Crippen LogP contribution is 2.56. The number of pyridine rings is 2. The molecule has 0 saturated heterocycles. The number of hydrogen-bond donors (Lipinski definition) is 0. The van der Waals surface area contributed by atoms with Gasteiger partial charge in [-0.25, -0.2) is 0 Å². The summed E-state index contributed by atoms with van der Waals surface area (Å²) in [7, 11) is 0. The Hall–Kier alpha value is -4.64. The molecule has 1 atom stereocenters. The maximum Gasteiger partial charge on any atom is 0.380 e. The normalized spacial score (nSPS) is 18.0. The van der Waals surface area contributed by atoms with Gasteiger partial charge < -0.3 is 9.47 Å². The van der Waals surface area contributed by atoms with Crippen LogP contribution < -0.4 is 18.6 Å². The quantitative estimate of drug-likeness (QED) is 0.305. The van der Waals surface area contributed by atoms with E-state index in [1.54, 1.807) is 0 Å². The fraction of sp³-hybridized carbons (Fsp3) is 0.0345. The standard InChI is InChI=1S/C29H17N3O2/c1-2-9-20-18(8-1)19-14-15-23-27-28(19)32(20)24-12-3-5-16-30(24)29(27)26-21(33-23)10-7-11-22(26)34-25-13-4-6-17-31(25)29/h1-17H/q+2. The van der Waals surface area contributed by atoms with Gasteiger partial charge in [-0.05, 0) is 48.5 Å². The van der Waals surface area contributed by atoms with Crippen LogP contribution in [0.1, 0.15) is 11.1 Å². The van der Waals surface area contributed by atoms with Gasteiger partial charge in [-0.2, -0.15) is 9.13 Å². The van der Waals surface area contributed by atoms with E-state index in [0.717, 1.165) is 40.1 Å². The highest BCUT2D eigenvalue weighted by molar-refractivity contribution is 6.11. The van der Waals surface area contributed by atoms with Crippen LogP contribution in [0.5, 0.6) is 23.1 Å². The summed E-state index contributed by atoms with van der Waals surface area (Å²) in [5.41, 5.74) is 3.83. The lowest BCUT2D eigenvalue weighted by Gasteiger charge is -2.38. The Morgan fingerprint density at radius 2 is 1.35 bits per heavy atom. The number of benzene rings is 3. The average molecular weight is 439 g/mol. The summed E-state index contributed by atoms with van der Waals surface area (Å²) < 4.78 is 20.0. The van der Waals surface area contributed by atoms with E-state index in [2.05, 4.69) is 86.8 Å². The van der Waals surface area contributed by atoms with Crippen molar-refractivity contribution in [1.29, 1.82) is 0 Å². The summed E-state index contributed by atoms with van der Waals surface area (Å²) in [5.74, 6) is 4.40. The molecule has 3 aliphatic rings. The number of para-hydroxylation sites is 1. The Morgan fingerprint density at radius 1 is 0.588 bits per heavy atom. The first-order valence-corrected chi connectivity index (χ1v) is 11.5. The second-order valence-corrected chi connectivity index (χ2v) is 9.03. The Bertz CT molecular complexity index is 1870. The summed E-state index contributed by atoms with van der Waals surface area (Å²) in [4.78, 5) is 0. The molecule has 0 amide bonds. The van der Waals surface area contributed by atoms with Gasteiger partial charge in [0.15, 0.2) is 28.6 Å². The first kappa shape index (κ1) is 16.9. The lowest BCUT2D eigenvalue weighted by atomic mass is 9.82. The number of aromatic nitrogens is 3. The lowest BCUT2D eigenvalue weighted by Crippen LogP contribution is -2.78.